The van der Waals surface area contributed by atoms with E-state index in [1.165, 1.54) is 64.2 Å². The fourth-order valence-corrected chi connectivity index (χ4v) is 3.39. The van der Waals surface area contributed by atoms with E-state index in [2.05, 4.69) is 24.1 Å². The zero-order valence-corrected chi connectivity index (χ0v) is 14.6. The molecule has 22 heavy (non-hydrogen) atoms. The molecule has 0 aromatic carbocycles. The Morgan fingerprint density at radius 3 is 2.32 bits per heavy atom. The highest BCUT2D eigenvalue weighted by atomic mass is 16.4. The second kappa shape index (κ2) is 11.9. The third-order valence-corrected chi connectivity index (χ3v) is 4.80. The van der Waals surface area contributed by atoms with Crippen molar-refractivity contribution >= 4 is 5.97 Å². The van der Waals surface area contributed by atoms with Gasteiger partial charge in [0.2, 0.25) is 0 Å². The summed E-state index contributed by atoms with van der Waals surface area (Å²) in [6, 6.07) is 0.194. The second-order valence-electron chi connectivity index (χ2n) is 6.69. The van der Waals surface area contributed by atoms with Crippen LogP contribution in [0.25, 0.3) is 0 Å². The van der Waals surface area contributed by atoms with E-state index in [0.29, 0.717) is 12.6 Å². The number of hydrogen-bond donors (Lipinski definition) is 2. The van der Waals surface area contributed by atoms with Crippen LogP contribution in [0.4, 0.5) is 0 Å². The van der Waals surface area contributed by atoms with Gasteiger partial charge in [-0.2, -0.15) is 0 Å². The van der Waals surface area contributed by atoms with E-state index in [0.717, 1.165) is 13.1 Å². The van der Waals surface area contributed by atoms with Crippen molar-refractivity contribution in [3.05, 3.63) is 0 Å². The van der Waals surface area contributed by atoms with Crippen molar-refractivity contribution in [2.45, 2.75) is 90.1 Å². The van der Waals surface area contributed by atoms with E-state index in [-0.39, 0.29) is 6.04 Å². The molecule has 2 N–H and O–H groups in total. The van der Waals surface area contributed by atoms with Crippen LogP contribution in [0, 0.1) is 0 Å². The first-order valence-electron chi connectivity index (χ1n) is 9.39. The standard InChI is InChI=1S/C18H36N2O2/c1-3-5-7-8-10-12-16(11-9-6-4-2)20-14-13-19-17(15-20)18(21)22/h16-17,19H,3-15H2,1-2H3,(H,21,22)/t16?,17-/m0/s1. The number of piperazine rings is 1. The van der Waals surface area contributed by atoms with Crippen molar-refractivity contribution in [3.8, 4) is 0 Å². The molecule has 0 aromatic heterocycles. The largest absolute Gasteiger partial charge is 0.480 e. The average molecular weight is 312 g/mol. The van der Waals surface area contributed by atoms with E-state index < -0.39 is 5.97 Å². The predicted molar refractivity (Wildman–Crippen MR) is 92.3 cm³/mol. The van der Waals surface area contributed by atoms with Gasteiger partial charge in [0.05, 0.1) is 0 Å². The van der Waals surface area contributed by atoms with Gasteiger partial charge < -0.3 is 10.4 Å². The third-order valence-electron chi connectivity index (χ3n) is 4.80. The zero-order valence-electron chi connectivity index (χ0n) is 14.6. The first-order chi connectivity index (χ1) is 10.7. The molecule has 1 aliphatic rings. The van der Waals surface area contributed by atoms with Gasteiger partial charge in [-0.1, -0.05) is 65.2 Å². The topological polar surface area (TPSA) is 52.6 Å². The highest BCUT2D eigenvalue weighted by Crippen LogP contribution is 2.19. The highest BCUT2D eigenvalue weighted by molar-refractivity contribution is 5.73. The lowest BCUT2D eigenvalue weighted by atomic mass is 9.98. The van der Waals surface area contributed by atoms with Gasteiger partial charge in [-0.25, -0.2) is 0 Å². The Hall–Kier alpha value is -0.610. The molecule has 1 fully saturated rings. The molecule has 0 bridgehead atoms. The van der Waals surface area contributed by atoms with Crippen LogP contribution >= 0.6 is 0 Å². The summed E-state index contributed by atoms with van der Waals surface area (Å²) in [7, 11) is 0. The fourth-order valence-electron chi connectivity index (χ4n) is 3.39. The number of unbranched alkanes of at least 4 members (excludes halogenated alkanes) is 6. The van der Waals surface area contributed by atoms with Crippen LogP contribution in [0.15, 0.2) is 0 Å². The maximum absolute atomic E-state index is 11.2. The monoisotopic (exact) mass is 312 g/mol. The number of nitrogens with zero attached hydrogens (tertiary/aromatic N) is 1. The van der Waals surface area contributed by atoms with Crippen molar-refractivity contribution in [3.63, 3.8) is 0 Å². The van der Waals surface area contributed by atoms with Gasteiger partial charge >= 0.3 is 5.97 Å². The van der Waals surface area contributed by atoms with E-state index >= 15 is 0 Å². The van der Waals surface area contributed by atoms with Crippen LogP contribution in [0.2, 0.25) is 0 Å². The van der Waals surface area contributed by atoms with E-state index in [1.54, 1.807) is 0 Å². The van der Waals surface area contributed by atoms with Crippen LogP contribution in [0.1, 0.15) is 78.1 Å². The summed E-state index contributed by atoms with van der Waals surface area (Å²) in [5.74, 6) is -0.708. The molecule has 1 rings (SSSR count). The Morgan fingerprint density at radius 2 is 1.68 bits per heavy atom. The SMILES string of the molecule is CCCCCCCC(CCCCC)N1CCN[C@H](C(=O)O)C1. The summed E-state index contributed by atoms with van der Waals surface area (Å²) in [5, 5.41) is 12.3. The maximum Gasteiger partial charge on any atom is 0.322 e. The smallest absolute Gasteiger partial charge is 0.322 e. The van der Waals surface area contributed by atoms with E-state index in [9.17, 15) is 9.90 Å². The molecule has 1 saturated heterocycles. The number of carboxylic acid groups (broad SMARTS) is 1. The highest BCUT2D eigenvalue weighted by Gasteiger charge is 2.28. The third kappa shape index (κ3) is 7.59. The Labute approximate surface area is 136 Å². The van der Waals surface area contributed by atoms with Crippen LogP contribution in [-0.2, 0) is 4.79 Å². The van der Waals surface area contributed by atoms with Crippen LogP contribution in [-0.4, -0.2) is 47.7 Å². The summed E-state index contributed by atoms with van der Waals surface area (Å²) in [6.45, 7) is 6.96. The van der Waals surface area contributed by atoms with Gasteiger partial charge in [0.1, 0.15) is 6.04 Å². The molecule has 130 valence electrons. The zero-order chi connectivity index (χ0) is 16.2. The molecule has 0 spiro atoms. The number of aliphatic carboxylic acids is 1. The van der Waals surface area contributed by atoms with Crippen LogP contribution in [0.3, 0.4) is 0 Å². The van der Waals surface area contributed by atoms with Crippen molar-refractivity contribution in [1.29, 1.82) is 0 Å². The normalized spacial score (nSPS) is 20.9. The molecule has 1 unspecified atom stereocenters. The quantitative estimate of drug-likeness (QED) is 0.540. The van der Waals surface area contributed by atoms with Gasteiger partial charge in [0.25, 0.3) is 0 Å². The van der Waals surface area contributed by atoms with Crippen molar-refractivity contribution in [1.82, 2.24) is 10.2 Å². The molecule has 0 aliphatic carbocycles. The first-order valence-corrected chi connectivity index (χ1v) is 9.39. The Morgan fingerprint density at radius 1 is 1.09 bits per heavy atom. The molecule has 1 heterocycles. The van der Waals surface area contributed by atoms with Crippen molar-refractivity contribution in [2.24, 2.45) is 0 Å². The lowest BCUT2D eigenvalue weighted by Gasteiger charge is -2.38. The van der Waals surface area contributed by atoms with Gasteiger partial charge in [0, 0.05) is 25.7 Å². The lowest BCUT2D eigenvalue weighted by molar-refractivity contribution is -0.141. The van der Waals surface area contributed by atoms with Crippen molar-refractivity contribution < 1.29 is 9.90 Å². The summed E-state index contributed by atoms with van der Waals surface area (Å²) in [6.07, 6.45) is 12.9. The lowest BCUT2D eigenvalue weighted by Crippen LogP contribution is -2.56. The molecule has 0 saturated carbocycles. The Bertz CT molecular complexity index is 297. The van der Waals surface area contributed by atoms with Crippen LogP contribution < -0.4 is 5.32 Å². The van der Waals surface area contributed by atoms with E-state index in [4.69, 9.17) is 0 Å². The molecular weight excluding hydrogens is 276 g/mol. The number of carbonyl (C=O) groups is 1. The maximum atomic E-state index is 11.2. The summed E-state index contributed by atoms with van der Waals surface area (Å²) >= 11 is 0. The molecule has 4 heteroatoms. The number of hydrogen-bond acceptors (Lipinski definition) is 3. The molecular formula is C18H36N2O2. The average Bonchev–Trinajstić information content (AvgIpc) is 2.53. The molecule has 0 radical (unpaired) electrons. The summed E-state index contributed by atoms with van der Waals surface area (Å²) < 4.78 is 0. The molecule has 0 amide bonds. The summed E-state index contributed by atoms with van der Waals surface area (Å²) in [4.78, 5) is 13.7. The second-order valence-corrected chi connectivity index (χ2v) is 6.69. The Balaban J connectivity index is 2.42. The predicted octanol–water partition coefficient (Wildman–Crippen LogP) is 3.65. The minimum absolute atomic E-state index is 0.387. The number of rotatable bonds is 12. The van der Waals surface area contributed by atoms with E-state index in [1.807, 2.05) is 0 Å². The van der Waals surface area contributed by atoms with Gasteiger partial charge in [-0.3, -0.25) is 9.69 Å². The van der Waals surface area contributed by atoms with Crippen LogP contribution in [0.5, 0.6) is 0 Å². The van der Waals surface area contributed by atoms with Gasteiger partial charge in [-0.05, 0) is 12.8 Å². The number of carboxylic acids is 1. The molecule has 4 nitrogen and oxygen atoms in total. The van der Waals surface area contributed by atoms with Gasteiger partial charge in [-0.15, -0.1) is 0 Å². The fraction of sp³-hybridized carbons (Fsp3) is 0.944. The van der Waals surface area contributed by atoms with Gasteiger partial charge in [0.15, 0.2) is 0 Å². The first kappa shape index (κ1) is 19.4. The molecule has 0 aromatic rings. The molecule has 1 aliphatic heterocycles. The van der Waals surface area contributed by atoms with Crippen molar-refractivity contribution in [2.75, 3.05) is 19.6 Å². The minimum Gasteiger partial charge on any atom is -0.480 e. The molecule has 2 atom stereocenters. The summed E-state index contributed by atoms with van der Waals surface area (Å²) in [5.41, 5.74) is 0. The Kier molecular flexibility index (Phi) is 10.5. The number of nitrogens with one attached hydrogen (secondary N) is 1. The minimum atomic E-state index is -0.708.